The van der Waals surface area contributed by atoms with Gasteiger partial charge in [-0.15, -0.1) is 0 Å². The van der Waals surface area contributed by atoms with E-state index in [4.69, 9.17) is 4.74 Å². The van der Waals surface area contributed by atoms with E-state index in [9.17, 15) is 13.6 Å². The van der Waals surface area contributed by atoms with Gasteiger partial charge in [-0.3, -0.25) is 4.79 Å². The summed E-state index contributed by atoms with van der Waals surface area (Å²) in [6.07, 6.45) is -2.38. The summed E-state index contributed by atoms with van der Waals surface area (Å²) in [5.41, 5.74) is 1.40. The van der Waals surface area contributed by atoms with Crippen LogP contribution in [0, 0.1) is 0 Å². The topological polar surface area (TPSA) is 50.4 Å². The van der Waals surface area contributed by atoms with E-state index in [1.807, 2.05) is 0 Å². The molecular weight excluding hydrogens is 242 g/mol. The number of benzene rings is 1. The first-order valence-electron chi connectivity index (χ1n) is 5.64. The largest absolute Gasteiger partial charge is 0.482 e. The number of alkyl halides is 2. The predicted octanol–water partition coefficient (Wildman–Crippen LogP) is 1.93. The molecule has 2 rings (SSSR count). The van der Waals surface area contributed by atoms with E-state index in [2.05, 4.69) is 10.6 Å². The van der Waals surface area contributed by atoms with Crippen molar-refractivity contribution in [2.24, 2.45) is 0 Å². The van der Waals surface area contributed by atoms with Gasteiger partial charge in [-0.05, 0) is 24.6 Å². The van der Waals surface area contributed by atoms with Crippen molar-refractivity contribution >= 4 is 11.6 Å². The van der Waals surface area contributed by atoms with Crippen molar-refractivity contribution in [3.8, 4) is 5.75 Å². The first-order valence-corrected chi connectivity index (χ1v) is 5.64. The van der Waals surface area contributed by atoms with Crippen LogP contribution in [-0.4, -0.2) is 25.5 Å². The molecule has 1 unspecified atom stereocenters. The first kappa shape index (κ1) is 12.8. The summed E-state index contributed by atoms with van der Waals surface area (Å²) in [6.45, 7) is 1.43. The zero-order valence-electron chi connectivity index (χ0n) is 9.87. The molecule has 1 aromatic rings. The maximum absolute atomic E-state index is 12.1. The zero-order valence-corrected chi connectivity index (χ0v) is 9.87. The molecule has 98 valence electrons. The number of nitrogens with one attached hydrogen (secondary N) is 2. The fraction of sp³-hybridized carbons (Fsp3) is 0.417. The second-order valence-electron chi connectivity index (χ2n) is 4.11. The number of halogens is 2. The Morgan fingerprint density at radius 2 is 2.28 bits per heavy atom. The van der Waals surface area contributed by atoms with E-state index >= 15 is 0 Å². The van der Waals surface area contributed by atoms with Crippen LogP contribution in [0.15, 0.2) is 18.2 Å². The molecule has 0 aromatic heterocycles. The lowest BCUT2D eigenvalue weighted by Crippen LogP contribution is -2.27. The Hall–Kier alpha value is -1.69. The van der Waals surface area contributed by atoms with Crippen LogP contribution >= 0.6 is 0 Å². The molecule has 1 heterocycles. The highest BCUT2D eigenvalue weighted by Gasteiger charge is 2.17. The number of anilines is 1. The van der Waals surface area contributed by atoms with E-state index in [0.29, 0.717) is 11.4 Å². The summed E-state index contributed by atoms with van der Waals surface area (Å²) in [5, 5.41) is 5.39. The highest BCUT2D eigenvalue weighted by atomic mass is 19.3. The van der Waals surface area contributed by atoms with Gasteiger partial charge in [-0.25, -0.2) is 8.78 Å². The Morgan fingerprint density at radius 3 is 3.00 bits per heavy atom. The van der Waals surface area contributed by atoms with E-state index in [1.54, 1.807) is 25.1 Å². The van der Waals surface area contributed by atoms with Crippen LogP contribution in [-0.2, 0) is 4.79 Å². The monoisotopic (exact) mass is 256 g/mol. The predicted molar refractivity (Wildman–Crippen MR) is 63.0 cm³/mol. The van der Waals surface area contributed by atoms with Crippen molar-refractivity contribution in [2.45, 2.75) is 19.4 Å². The summed E-state index contributed by atoms with van der Waals surface area (Å²) in [4.78, 5) is 11.2. The molecule has 0 radical (unpaired) electrons. The summed E-state index contributed by atoms with van der Waals surface area (Å²) in [6, 6.07) is 5.03. The molecule has 1 aliphatic heterocycles. The molecule has 0 spiro atoms. The second-order valence-corrected chi connectivity index (χ2v) is 4.11. The van der Waals surface area contributed by atoms with Crippen molar-refractivity contribution in [1.29, 1.82) is 0 Å². The fourth-order valence-corrected chi connectivity index (χ4v) is 1.75. The zero-order chi connectivity index (χ0) is 13.1. The highest BCUT2D eigenvalue weighted by molar-refractivity contribution is 5.95. The van der Waals surface area contributed by atoms with Gasteiger partial charge >= 0.3 is 0 Å². The number of hydrogen-bond acceptors (Lipinski definition) is 3. The normalized spacial score (nSPS) is 15.9. The average molecular weight is 256 g/mol. The maximum Gasteiger partial charge on any atom is 0.262 e. The number of hydrogen-bond donors (Lipinski definition) is 2. The summed E-state index contributed by atoms with van der Waals surface area (Å²) in [7, 11) is 0. The summed E-state index contributed by atoms with van der Waals surface area (Å²) < 4.78 is 29.4. The first-order chi connectivity index (χ1) is 8.56. The van der Waals surface area contributed by atoms with Crippen LogP contribution in [0.3, 0.4) is 0 Å². The van der Waals surface area contributed by atoms with Crippen molar-refractivity contribution in [2.75, 3.05) is 18.5 Å². The van der Waals surface area contributed by atoms with Crippen LogP contribution in [0.2, 0.25) is 0 Å². The van der Waals surface area contributed by atoms with Crippen molar-refractivity contribution in [1.82, 2.24) is 5.32 Å². The molecule has 0 saturated heterocycles. The van der Waals surface area contributed by atoms with E-state index in [-0.39, 0.29) is 25.1 Å². The molecule has 1 atom stereocenters. The van der Waals surface area contributed by atoms with Gasteiger partial charge in [0, 0.05) is 6.04 Å². The number of carbonyl (C=O) groups excluding carboxylic acids is 1. The van der Waals surface area contributed by atoms with Gasteiger partial charge in [0.05, 0.1) is 12.2 Å². The quantitative estimate of drug-likeness (QED) is 0.865. The SMILES string of the molecule is CC(NCC(F)F)c1ccc2c(c1)NC(=O)CO2. The second kappa shape index (κ2) is 5.30. The Balaban J connectivity index is 2.10. The number of carbonyl (C=O) groups is 1. The van der Waals surface area contributed by atoms with Gasteiger partial charge in [0.2, 0.25) is 0 Å². The van der Waals surface area contributed by atoms with Crippen LogP contribution in [0.4, 0.5) is 14.5 Å². The molecular formula is C12H14F2N2O2. The highest BCUT2D eigenvalue weighted by Crippen LogP contribution is 2.30. The number of ether oxygens (including phenoxy) is 1. The number of rotatable bonds is 4. The third-order valence-corrected chi connectivity index (χ3v) is 2.71. The molecule has 4 nitrogen and oxygen atoms in total. The van der Waals surface area contributed by atoms with Gasteiger partial charge in [0.15, 0.2) is 6.61 Å². The van der Waals surface area contributed by atoms with Gasteiger partial charge in [-0.2, -0.15) is 0 Å². The van der Waals surface area contributed by atoms with Crippen LogP contribution < -0.4 is 15.4 Å². The fourth-order valence-electron chi connectivity index (χ4n) is 1.75. The van der Waals surface area contributed by atoms with Gasteiger partial charge < -0.3 is 15.4 Å². The molecule has 1 aliphatic rings. The molecule has 1 amide bonds. The van der Waals surface area contributed by atoms with Crippen LogP contribution in [0.5, 0.6) is 5.75 Å². The molecule has 18 heavy (non-hydrogen) atoms. The Kier molecular flexibility index (Phi) is 3.76. The lowest BCUT2D eigenvalue weighted by Gasteiger charge is -2.20. The summed E-state index contributed by atoms with van der Waals surface area (Å²) in [5.74, 6) is 0.382. The van der Waals surface area contributed by atoms with Gasteiger partial charge in [-0.1, -0.05) is 6.07 Å². The molecule has 2 N–H and O–H groups in total. The van der Waals surface area contributed by atoms with Crippen LogP contribution in [0.1, 0.15) is 18.5 Å². The standard InChI is InChI=1S/C12H14F2N2O2/c1-7(15-5-11(13)14)8-2-3-10-9(4-8)16-12(17)6-18-10/h2-4,7,11,15H,5-6H2,1H3,(H,16,17). The smallest absolute Gasteiger partial charge is 0.262 e. The minimum Gasteiger partial charge on any atom is -0.482 e. The third-order valence-electron chi connectivity index (χ3n) is 2.71. The Morgan fingerprint density at radius 1 is 1.50 bits per heavy atom. The maximum atomic E-state index is 12.1. The van der Waals surface area contributed by atoms with Crippen molar-refractivity contribution in [3.05, 3.63) is 23.8 Å². The molecule has 0 aliphatic carbocycles. The average Bonchev–Trinajstić information content (AvgIpc) is 2.34. The Bertz CT molecular complexity index is 452. The molecule has 0 fully saturated rings. The molecule has 1 aromatic carbocycles. The van der Waals surface area contributed by atoms with Gasteiger partial charge in [0.1, 0.15) is 5.75 Å². The molecule has 0 saturated carbocycles. The van der Waals surface area contributed by atoms with Gasteiger partial charge in [0.25, 0.3) is 12.3 Å². The lowest BCUT2D eigenvalue weighted by atomic mass is 10.1. The summed E-state index contributed by atoms with van der Waals surface area (Å²) >= 11 is 0. The van der Waals surface area contributed by atoms with Crippen molar-refractivity contribution < 1.29 is 18.3 Å². The minimum atomic E-state index is -2.38. The van der Waals surface area contributed by atoms with Crippen LogP contribution in [0.25, 0.3) is 0 Å². The number of fused-ring (bicyclic) bond motifs is 1. The van der Waals surface area contributed by atoms with Crippen molar-refractivity contribution in [3.63, 3.8) is 0 Å². The Labute approximate surface area is 103 Å². The number of amides is 1. The lowest BCUT2D eigenvalue weighted by molar-refractivity contribution is -0.118. The molecule has 6 heteroatoms. The van der Waals surface area contributed by atoms with E-state index in [1.165, 1.54) is 0 Å². The van der Waals surface area contributed by atoms with E-state index in [0.717, 1.165) is 5.56 Å². The third kappa shape index (κ3) is 2.95. The minimum absolute atomic E-state index is 0.00549. The molecule has 0 bridgehead atoms. The van der Waals surface area contributed by atoms with E-state index < -0.39 is 6.43 Å².